The first kappa shape index (κ1) is 16.9. The van der Waals surface area contributed by atoms with E-state index in [0.29, 0.717) is 31.0 Å². The Morgan fingerprint density at radius 1 is 0.958 bits per heavy atom. The van der Waals surface area contributed by atoms with E-state index in [2.05, 4.69) is 5.32 Å². The molecule has 0 unspecified atom stereocenters. The molecule has 24 heavy (non-hydrogen) atoms. The first-order valence-electron chi connectivity index (χ1n) is 8.23. The van der Waals surface area contributed by atoms with Gasteiger partial charge in [-0.3, -0.25) is 4.90 Å². The maximum Gasteiger partial charge on any atom is 0.258 e. The molecule has 0 saturated carbocycles. The fourth-order valence-corrected chi connectivity index (χ4v) is 2.98. The highest BCUT2D eigenvalue weighted by Gasteiger charge is 2.29. The monoisotopic (exact) mass is 332 g/mol. The minimum absolute atomic E-state index is 0.469. The Morgan fingerprint density at radius 2 is 1.62 bits per heavy atom. The summed E-state index contributed by atoms with van der Waals surface area (Å²) in [6.45, 7) is 3.25. The molecule has 1 fully saturated rings. The van der Waals surface area contributed by atoms with Gasteiger partial charge in [-0.25, -0.2) is 8.78 Å². The fourth-order valence-electron chi connectivity index (χ4n) is 2.98. The Bertz CT molecular complexity index is 613. The van der Waals surface area contributed by atoms with Crippen LogP contribution in [0.4, 0.5) is 8.78 Å². The van der Waals surface area contributed by atoms with Crippen molar-refractivity contribution >= 4 is 0 Å². The number of hydrogen-bond acceptors (Lipinski definition) is 3. The van der Waals surface area contributed by atoms with Gasteiger partial charge >= 0.3 is 0 Å². The molecule has 0 aromatic heterocycles. The lowest BCUT2D eigenvalue weighted by molar-refractivity contribution is 0.0181. The van der Waals surface area contributed by atoms with Crippen molar-refractivity contribution in [2.75, 3.05) is 26.2 Å². The molecule has 0 aliphatic carbocycles. The van der Waals surface area contributed by atoms with Crippen molar-refractivity contribution < 1.29 is 13.5 Å². The number of nitrogens with one attached hydrogen (secondary N) is 1. The third-order valence-corrected chi connectivity index (χ3v) is 4.25. The summed E-state index contributed by atoms with van der Waals surface area (Å²) in [5.74, 6) is 0.691. The zero-order chi connectivity index (χ0) is 16.8. The molecule has 1 aliphatic rings. The lowest BCUT2D eigenvalue weighted by Crippen LogP contribution is -2.46. The van der Waals surface area contributed by atoms with E-state index >= 15 is 0 Å². The van der Waals surface area contributed by atoms with Gasteiger partial charge in [0.25, 0.3) is 6.43 Å². The summed E-state index contributed by atoms with van der Waals surface area (Å²) in [5, 5.41) is 3.19. The van der Waals surface area contributed by atoms with E-state index in [1.807, 2.05) is 35.2 Å². The standard InChI is InChI=1S/C19H22F2N2O/c20-19(21)18(23-12-10-22-11-13-23)16-6-8-17(9-7-16)24-14-15-4-2-1-3-5-15/h1-9,18-19,22H,10-14H2/t18-/m1/s1. The second-order valence-corrected chi connectivity index (χ2v) is 5.91. The summed E-state index contributed by atoms with van der Waals surface area (Å²) in [4.78, 5) is 1.85. The Hall–Kier alpha value is -1.98. The number of alkyl halides is 2. The van der Waals surface area contributed by atoms with Gasteiger partial charge in [0, 0.05) is 26.2 Å². The molecule has 0 radical (unpaired) electrons. The van der Waals surface area contributed by atoms with E-state index in [1.165, 1.54) is 0 Å². The average molecular weight is 332 g/mol. The quantitative estimate of drug-likeness (QED) is 0.876. The largest absolute Gasteiger partial charge is 0.489 e. The maximum atomic E-state index is 13.5. The normalized spacial score (nSPS) is 17.0. The van der Waals surface area contributed by atoms with Crippen LogP contribution in [0.3, 0.4) is 0 Å². The maximum absolute atomic E-state index is 13.5. The molecule has 1 heterocycles. The van der Waals surface area contributed by atoms with Crippen LogP contribution in [0.5, 0.6) is 5.75 Å². The Balaban J connectivity index is 1.65. The second kappa shape index (κ2) is 8.22. The van der Waals surface area contributed by atoms with Gasteiger partial charge in [-0.05, 0) is 23.3 Å². The highest BCUT2D eigenvalue weighted by Crippen LogP contribution is 2.29. The van der Waals surface area contributed by atoms with Gasteiger partial charge in [-0.2, -0.15) is 0 Å². The number of piperazine rings is 1. The van der Waals surface area contributed by atoms with Gasteiger partial charge in [0.2, 0.25) is 0 Å². The zero-order valence-electron chi connectivity index (χ0n) is 13.5. The molecule has 0 amide bonds. The molecule has 0 bridgehead atoms. The lowest BCUT2D eigenvalue weighted by atomic mass is 10.0. The summed E-state index contributed by atoms with van der Waals surface area (Å²) in [6.07, 6.45) is -2.40. The molecule has 3 rings (SSSR count). The third kappa shape index (κ3) is 4.30. The van der Waals surface area contributed by atoms with E-state index < -0.39 is 12.5 Å². The lowest BCUT2D eigenvalue weighted by Gasteiger charge is -2.34. The summed E-state index contributed by atoms with van der Waals surface area (Å²) >= 11 is 0. The zero-order valence-corrected chi connectivity index (χ0v) is 13.5. The van der Waals surface area contributed by atoms with Crippen LogP contribution in [0.15, 0.2) is 54.6 Å². The van der Waals surface area contributed by atoms with Crippen LogP contribution in [0.1, 0.15) is 17.2 Å². The van der Waals surface area contributed by atoms with Crippen molar-refractivity contribution in [3.63, 3.8) is 0 Å². The van der Waals surface area contributed by atoms with Gasteiger partial charge in [0.1, 0.15) is 12.4 Å². The number of nitrogens with zero attached hydrogens (tertiary/aromatic N) is 1. The van der Waals surface area contributed by atoms with Crippen molar-refractivity contribution in [3.05, 3.63) is 65.7 Å². The van der Waals surface area contributed by atoms with Crippen molar-refractivity contribution in [1.82, 2.24) is 10.2 Å². The Morgan fingerprint density at radius 3 is 2.25 bits per heavy atom. The SMILES string of the molecule is FC(F)[C@@H](c1ccc(OCc2ccccc2)cc1)N1CCNCC1. The van der Waals surface area contributed by atoms with E-state index in [-0.39, 0.29) is 0 Å². The molecular weight excluding hydrogens is 310 g/mol. The van der Waals surface area contributed by atoms with Crippen molar-refractivity contribution in [2.24, 2.45) is 0 Å². The van der Waals surface area contributed by atoms with Crippen LogP contribution in [0, 0.1) is 0 Å². The van der Waals surface area contributed by atoms with Crippen molar-refractivity contribution in [2.45, 2.75) is 19.1 Å². The molecule has 2 aromatic carbocycles. The number of hydrogen-bond donors (Lipinski definition) is 1. The number of ether oxygens (including phenoxy) is 1. The molecule has 1 aliphatic heterocycles. The molecule has 1 atom stereocenters. The third-order valence-electron chi connectivity index (χ3n) is 4.25. The first-order valence-corrected chi connectivity index (χ1v) is 8.23. The summed E-state index contributed by atoms with van der Waals surface area (Å²) in [7, 11) is 0. The van der Waals surface area contributed by atoms with E-state index in [9.17, 15) is 8.78 Å². The van der Waals surface area contributed by atoms with Crippen LogP contribution in [-0.4, -0.2) is 37.5 Å². The van der Waals surface area contributed by atoms with Gasteiger partial charge in [0.15, 0.2) is 0 Å². The fraction of sp³-hybridized carbons (Fsp3) is 0.368. The van der Waals surface area contributed by atoms with Crippen LogP contribution >= 0.6 is 0 Å². The highest BCUT2D eigenvalue weighted by molar-refractivity contribution is 5.30. The number of rotatable bonds is 6. The molecule has 128 valence electrons. The van der Waals surface area contributed by atoms with Gasteiger partial charge in [-0.15, -0.1) is 0 Å². The van der Waals surface area contributed by atoms with Crippen molar-refractivity contribution in [3.8, 4) is 5.75 Å². The minimum Gasteiger partial charge on any atom is -0.489 e. The molecule has 5 heteroatoms. The molecule has 2 aromatic rings. The Kier molecular flexibility index (Phi) is 5.77. The molecule has 3 nitrogen and oxygen atoms in total. The van der Waals surface area contributed by atoms with Crippen LogP contribution in [0.2, 0.25) is 0 Å². The highest BCUT2D eigenvalue weighted by atomic mass is 19.3. The van der Waals surface area contributed by atoms with E-state index in [1.54, 1.807) is 24.3 Å². The number of halogens is 2. The smallest absolute Gasteiger partial charge is 0.258 e. The van der Waals surface area contributed by atoms with E-state index in [0.717, 1.165) is 18.7 Å². The second-order valence-electron chi connectivity index (χ2n) is 5.91. The first-order chi connectivity index (χ1) is 11.7. The van der Waals surface area contributed by atoms with Gasteiger partial charge in [0.05, 0.1) is 6.04 Å². The van der Waals surface area contributed by atoms with Gasteiger partial charge < -0.3 is 10.1 Å². The molecular formula is C19H22F2N2O. The Labute approximate surface area is 141 Å². The summed E-state index contributed by atoms with van der Waals surface area (Å²) in [5.41, 5.74) is 1.71. The molecule has 1 N–H and O–H groups in total. The predicted molar refractivity (Wildman–Crippen MR) is 90.4 cm³/mol. The summed E-state index contributed by atoms with van der Waals surface area (Å²) < 4.78 is 32.8. The van der Waals surface area contributed by atoms with Crippen LogP contribution < -0.4 is 10.1 Å². The van der Waals surface area contributed by atoms with Crippen molar-refractivity contribution in [1.29, 1.82) is 0 Å². The molecule has 0 spiro atoms. The van der Waals surface area contributed by atoms with Gasteiger partial charge in [-0.1, -0.05) is 42.5 Å². The average Bonchev–Trinajstić information content (AvgIpc) is 2.63. The summed E-state index contributed by atoms with van der Waals surface area (Å²) in [6, 6.07) is 16.1. The number of benzene rings is 2. The van der Waals surface area contributed by atoms with E-state index in [4.69, 9.17) is 4.74 Å². The van der Waals surface area contributed by atoms with Crippen LogP contribution in [0.25, 0.3) is 0 Å². The predicted octanol–water partition coefficient (Wildman–Crippen LogP) is 3.48. The molecule has 1 saturated heterocycles. The topological polar surface area (TPSA) is 24.5 Å². The van der Waals surface area contributed by atoms with Crippen LogP contribution in [-0.2, 0) is 6.61 Å². The minimum atomic E-state index is -2.40.